The molecule has 0 aliphatic carbocycles. The maximum atomic E-state index is 11.1. The van der Waals surface area contributed by atoms with Crippen LogP contribution in [0.5, 0.6) is 0 Å². The molecule has 6 heteroatoms. The fourth-order valence-corrected chi connectivity index (χ4v) is 2.70. The van der Waals surface area contributed by atoms with Crippen LogP contribution in [0.3, 0.4) is 0 Å². The third-order valence-electron chi connectivity index (χ3n) is 3.43. The summed E-state index contributed by atoms with van der Waals surface area (Å²) >= 11 is 0. The van der Waals surface area contributed by atoms with E-state index in [4.69, 9.17) is 4.55 Å². The standard InChI is InChI=1S/C12H15NO3S.Na.H/c1-8-12(2,3)10-7-9(17(14,15)16)5-6-11(10)13(8)4;;/h5-7H,1H2,2-4H3,(H,14,15,16);;. The van der Waals surface area contributed by atoms with Crippen molar-refractivity contribution >= 4 is 45.4 Å². The van der Waals surface area contributed by atoms with Crippen LogP contribution in [0.15, 0.2) is 35.4 Å². The van der Waals surface area contributed by atoms with Crippen molar-refractivity contribution in [1.29, 1.82) is 0 Å². The van der Waals surface area contributed by atoms with E-state index in [1.807, 2.05) is 25.8 Å². The molecule has 0 aromatic heterocycles. The molecule has 0 amide bonds. The molecule has 0 fully saturated rings. The Labute approximate surface area is 130 Å². The Kier molecular flexibility index (Phi) is 4.06. The van der Waals surface area contributed by atoms with E-state index in [1.165, 1.54) is 12.1 Å². The molecule has 0 radical (unpaired) electrons. The van der Waals surface area contributed by atoms with Gasteiger partial charge < -0.3 is 4.90 Å². The topological polar surface area (TPSA) is 57.6 Å². The fraction of sp³-hybridized carbons (Fsp3) is 0.333. The summed E-state index contributed by atoms with van der Waals surface area (Å²) in [5.74, 6) is 0. The molecule has 18 heavy (non-hydrogen) atoms. The van der Waals surface area contributed by atoms with Gasteiger partial charge in [-0.3, -0.25) is 4.55 Å². The number of anilines is 1. The molecule has 94 valence electrons. The zero-order valence-electron chi connectivity index (χ0n) is 10.1. The van der Waals surface area contributed by atoms with Crippen LogP contribution < -0.4 is 4.90 Å². The Bertz CT molecular complexity index is 608. The predicted octanol–water partition coefficient (Wildman–Crippen LogP) is 1.53. The number of hydrogen-bond acceptors (Lipinski definition) is 3. The van der Waals surface area contributed by atoms with Gasteiger partial charge in [-0.2, -0.15) is 8.42 Å². The van der Waals surface area contributed by atoms with Crippen LogP contribution in [0, 0.1) is 0 Å². The van der Waals surface area contributed by atoms with E-state index in [2.05, 4.69) is 6.58 Å². The summed E-state index contributed by atoms with van der Waals surface area (Å²) in [6.07, 6.45) is 0. The predicted molar refractivity (Wildman–Crippen MR) is 74.0 cm³/mol. The summed E-state index contributed by atoms with van der Waals surface area (Å²) in [6, 6.07) is 4.61. The van der Waals surface area contributed by atoms with Gasteiger partial charge in [0, 0.05) is 23.8 Å². The van der Waals surface area contributed by atoms with Crippen LogP contribution in [-0.4, -0.2) is 49.6 Å². The Morgan fingerprint density at radius 1 is 1.33 bits per heavy atom. The summed E-state index contributed by atoms with van der Waals surface area (Å²) in [7, 11) is -2.27. The van der Waals surface area contributed by atoms with Crippen molar-refractivity contribution < 1.29 is 13.0 Å². The third kappa shape index (κ3) is 2.26. The number of allylic oxidation sites excluding steroid dienone is 1. The molecule has 2 rings (SSSR count). The molecule has 1 aliphatic heterocycles. The molecule has 1 aromatic rings. The van der Waals surface area contributed by atoms with Crippen LogP contribution in [0.2, 0.25) is 0 Å². The normalized spacial score (nSPS) is 17.3. The van der Waals surface area contributed by atoms with E-state index >= 15 is 0 Å². The number of hydrogen-bond donors (Lipinski definition) is 1. The van der Waals surface area contributed by atoms with Gasteiger partial charge in [-0.1, -0.05) is 20.4 Å². The summed E-state index contributed by atoms with van der Waals surface area (Å²) in [6.45, 7) is 7.96. The first-order valence-electron chi connectivity index (χ1n) is 5.21. The second kappa shape index (κ2) is 4.65. The number of fused-ring (bicyclic) bond motifs is 1. The second-order valence-electron chi connectivity index (χ2n) is 4.78. The van der Waals surface area contributed by atoms with Gasteiger partial charge in [-0.25, -0.2) is 0 Å². The molecule has 1 aromatic carbocycles. The minimum atomic E-state index is -4.16. The van der Waals surface area contributed by atoms with Crippen molar-refractivity contribution in [1.82, 2.24) is 0 Å². The zero-order chi connectivity index (χ0) is 13.0. The molecule has 1 aliphatic rings. The van der Waals surface area contributed by atoms with Gasteiger partial charge in [0.15, 0.2) is 0 Å². The Morgan fingerprint density at radius 3 is 2.39 bits per heavy atom. The molecule has 0 bridgehead atoms. The van der Waals surface area contributed by atoms with Gasteiger partial charge in [-0.05, 0) is 23.8 Å². The first kappa shape index (κ1) is 15.7. The minimum absolute atomic E-state index is 0. The number of likely N-dealkylation sites (N-methyl/N-ethyl adjacent to an activating group) is 1. The molecular weight excluding hydrogens is 261 g/mol. The van der Waals surface area contributed by atoms with Crippen molar-refractivity contribution in [3.05, 3.63) is 36.0 Å². The molecule has 1 heterocycles. The third-order valence-corrected chi connectivity index (χ3v) is 4.28. The second-order valence-corrected chi connectivity index (χ2v) is 6.21. The van der Waals surface area contributed by atoms with E-state index in [0.29, 0.717) is 0 Å². The van der Waals surface area contributed by atoms with E-state index in [9.17, 15) is 8.42 Å². The average Bonchev–Trinajstić information content (AvgIpc) is 2.39. The average molecular weight is 277 g/mol. The summed E-state index contributed by atoms with van der Waals surface area (Å²) in [5, 5.41) is 0. The van der Waals surface area contributed by atoms with Crippen LogP contribution in [-0.2, 0) is 15.5 Å². The van der Waals surface area contributed by atoms with Gasteiger partial charge in [0.2, 0.25) is 0 Å². The molecule has 0 atom stereocenters. The van der Waals surface area contributed by atoms with Crippen molar-refractivity contribution in [3.8, 4) is 0 Å². The van der Waals surface area contributed by atoms with Gasteiger partial charge in [0.05, 0.1) is 4.90 Å². The molecule has 0 saturated heterocycles. The van der Waals surface area contributed by atoms with Crippen LogP contribution >= 0.6 is 0 Å². The molecular formula is C12H16NNaO3S. The SMILES string of the molecule is C=C1N(C)c2ccc(S(=O)(=O)O)cc2C1(C)C.[NaH]. The Morgan fingerprint density at radius 2 is 1.89 bits per heavy atom. The molecule has 0 spiro atoms. The van der Waals surface area contributed by atoms with Gasteiger partial charge in [0.1, 0.15) is 0 Å². The zero-order valence-corrected chi connectivity index (χ0v) is 10.9. The summed E-state index contributed by atoms with van der Waals surface area (Å²) in [5.41, 5.74) is 2.36. The van der Waals surface area contributed by atoms with E-state index in [1.54, 1.807) is 6.07 Å². The molecule has 0 unspecified atom stereocenters. The Hall–Kier alpha value is -0.330. The van der Waals surface area contributed by atoms with Gasteiger partial charge in [-0.15, -0.1) is 0 Å². The van der Waals surface area contributed by atoms with Crippen molar-refractivity contribution in [2.45, 2.75) is 24.2 Å². The maximum absolute atomic E-state index is 11.1. The van der Waals surface area contributed by atoms with Gasteiger partial charge >= 0.3 is 29.6 Å². The van der Waals surface area contributed by atoms with E-state index < -0.39 is 10.1 Å². The summed E-state index contributed by atoms with van der Waals surface area (Å²) in [4.78, 5) is 1.86. The number of nitrogens with zero attached hydrogens (tertiary/aromatic N) is 1. The number of rotatable bonds is 1. The van der Waals surface area contributed by atoms with Crippen molar-refractivity contribution in [2.75, 3.05) is 11.9 Å². The van der Waals surface area contributed by atoms with Crippen LogP contribution in [0.4, 0.5) is 5.69 Å². The molecule has 4 nitrogen and oxygen atoms in total. The molecule has 0 saturated carbocycles. The Balaban J connectivity index is 0.00000162. The first-order valence-corrected chi connectivity index (χ1v) is 6.65. The monoisotopic (exact) mass is 277 g/mol. The van der Waals surface area contributed by atoms with E-state index in [-0.39, 0.29) is 39.9 Å². The first-order chi connectivity index (χ1) is 7.65. The summed E-state index contributed by atoms with van der Waals surface area (Å²) < 4.78 is 31.3. The van der Waals surface area contributed by atoms with Crippen LogP contribution in [0.25, 0.3) is 0 Å². The van der Waals surface area contributed by atoms with Crippen molar-refractivity contribution in [2.24, 2.45) is 0 Å². The van der Waals surface area contributed by atoms with Crippen molar-refractivity contribution in [3.63, 3.8) is 0 Å². The number of benzene rings is 1. The van der Waals surface area contributed by atoms with Gasteiger partial charge in [0.25, 0.3) is 10.1 Å². The van der Waals surface area contributed by atoms with Crippen LogP contribution in [0.1, 0.15) is 19.4 Å². The van der Waals surface area contributed by atoms with E-state index in [0.717, 1.165) is 16.9 Å². The quantitative estimate of drug-likeness (QED) is 0.624. The molecule has 1 N–H and O–H groups in total. The fourth-order valence-electron chi connectivity index (χ4n) is 2.19.